The molecule has 8 heteroatoms. The van der Waals surface area contributed by atoms with E-state index in [-0.39, 0.29) is 18.2 Å². The average Bonchev–Trinajstić information content (AvgIpc) is 3.15. The number of methoxy groups -OCH3 is 1. The van der Waals surface area contributed by atoms with Gasteiger partial charge in [-0.15, -0.1) is 0 Å². The fourth-order valence-electron chi connectivity index (χ4n) is 2.44. The van der Waals surface area contributed by atoms with Crippen molar-refractivity contribution in [3.8, 4) is 11.3 Å². The van der Waals surface area contributed by atoms with Gasteiger partial charge in [-0.1, -0.05) is 49.3 Å². The number of esters is 1. The fraction of sp³-hybridized carbons (Fsp3) is 0.368. The molecule has 0 aliphatic rings. The number of aromatic nitrogens is 1. The van der Waals surface area contributed by atoms with E-state index in [1.807, 2.05) is 44.2 Å². The Morgan fingerprint density at radius 1 is 1.19 bits per heavy atom. The SMILES string of the molecule is COC(=O)[C@H](CC(C)C)NC(=O)CNC(=O)c1cc(-c2ccccc2)on1. The molecule has 2 rings (SSSR count). The van der Waals surface area contributed by atoms with Gasteiger partial charge in [0.2, 0.25) is 5.91 Å². The van der Waals surface area contributed by atoms with Gasteiger partial charge in [0.05, 0.1) is 13.7 Å². The molecule has 0 aliphatic heterocycles. The van der Waals surface area contributed by atoms with Crippen LogP contribution in [0, 0.1) is 5.92 Å². The zero-order chi connectivity index (χ0) is 19.8. The van der Waals surface area contributed by atoms with E-state index in [9.17, 15) is 14.4 Å². The molecule has 144 valence electrons. The summed E-state index contributed by atoms with van der Waals surface area (Å²) in [6.45, 7) is 3.56. The maximum atomic E-state index is 12.1. The third-order valence-electron chi connectivity index (χ3n) is 3.74. The van der Waals surface area contributed by atoms with Gasteiger partial charge in [-0.05, 0) is 12.3 Å². The van der Waals surface area contributed by atoms with Crippen LogP contribution in [0.4, 0.5) is 0 Å². The van der Waals surface area contributed by atoms with Crippen LogP contribution >= 0.6 is 0 Å². The van der Waals surface area contributed by atoms with Crippen molar-refractivity contribution in [3.63, 3.8) is 0 Å². The Morgan fingerprint density at radius 2 is 1.89 bits per heavy atom. The molecule has 0 saturated heterocycles. The van der Waals surface area contributed by atoms with Crippen LogP contribution < -0.4 is 10.6 Å². The largest absolute Gasteiger partial charge is 0.467 e. The molecule has 1 heterocycles. The van der Waals surface area contributed by atoms with Crippen LogP contribution in [0.2, 0.25) is 0 Å². The molecule has 27 heavy (non-hydrogen) atoms. The number of benzene rings is 1. The smallest absolute Gasteiger partial charge is 0.328 e. The predicted octanol–water partition coefficient (Wildman–Crippen LogP) is 1.78. The summed E-state index contributed by atoms with van der Waals surface area (Å²) in [7, 11) is 1.26. The van der Waals surface area contributed by atoms with Crippen LogP contribution in [0.1, 0.15) is 30.8 Å². The molecule has 0 bridgehead atoms. The van der Waals surface area contributed by atoms with E-state index in [1.165, 1.54) is 13.2 Å². The second-order valence-corrected chi connectivity index (χ2v) is 6.40. The van der Waals surface area contributed by atoms with Gasteiger partial charge in [-0.2, -0.15) is 0 Å². The summed E-state index contributed by atoms with van der Waals surface area (Å²) in [5.74, 6) is -0.920. The normalized spacial score (nSPS) is 11.7. The highest BCUT2D eigenvalue weighted by Gasteiger charge is 2.23. The summed E-state index contributed by atoms with van der Waals surface area (Å²) in [5, 5.41) is 8.74. The number of amides is 2. The lowest BCUT2D eigenvalue weighted by Gasteiger charge is -2.18. The van der Waals surface area contributed by atoms with Crippen molar-refractivity contribution in [2.75, 3.05) is 13.7 Å². The van der Waals surface area contributed by atoms with Crippen molar-refractivity contribution in [2.24, 2.45) is 5.92 Å². The molecule has 0 saturated carbocycles. The van der Waals surface area contributed by atoms with E-state index in [2.05, 4.69) is 15.8 Å². The molecule has 0 spiro atoms. The minimum Gasteiger partial charge on any atom is -0.467 e. The first kappa shape index (κ1) is 20.2. The van der Waals surface area contributed by atoms with Crippen molar-refractivity contribution < 1.29 is 23.6 Å². The first-order valence-corrected chi connectivity index (χ1v) is 8.58. The maximum absolute atomic E-state index is 12.1. The Balaban J connectivity index is 1.90. The number of hydrogen-bond donors (Lipinski definition) is 2. The molecular formula is C19H23N3O5. The number of carbonyl (C=O) groups excluding carboxylic acids is 3. The summed E-state index contributed by atoms with van der Waals surface area (Å²) < 4.78 is 9.85. The van der Waals surface area contributed by atoms with Gasteiger partial charge in [0, 0.05) is 11.6 Å². The lowest BCUT2D eigenvalue weighted by Crippen LogP contribution is -2.46. The van der Waals surface area contributed by atoms with Crippen molar-refractivity contribution >= 4 is 17.8 Å². The van der Waals surface area contributed by atoms with E-state index in [4.69, 9.17) is 9.26 Å². The Bertz CT molecular complexity index is 786. The Morgan fingerprint density at radius 3 is 2.52 bits per heavy atom. The molecule has 0 fully saturated rings. The molecule has 2 amide bonds. The summed E-state index contributed by atoms with van der Waals surface area (Å²) in [4.78, 5) is 35.9. The van der Waals surface area contributed by atoms with Crippen molar-refractivity contribution in [3.05, 3.63) is 42.1 Å². The van der Waals surface area contributed by atoms with Gasteiger partial charge in [0.15, 0.2) is 11.5 Å². The average molecular weight is 373 g/mol. The monoisotopic (exact) mass is 373 g/mol. The maximum Gasteiger partial charge on any atom is 0.328 e. The molecule has 0 aliphatic carbocycles. The highest BCUT2D eigenvalue weighted by atomic mass is 16.5. The zero-order valence-corrected chi connectivity index (χ0v) is 15.5. The van der Waals surface area contributed by atoms with Gasteiger partial charge < -0.3 is 19.9 Å². The van der Waals surface area contributed by atoms with Crippen LogP contribution in [0.15, 0.2) is 40.9 Å². The fourth-order valence-corrected chi connectivity index (χ4v) is 2.44. The summed E-state index contributed by atoms with van der Waals surface area (Å²) in [6.07, 6.45) is 0.441. The van der Waals surface area contributed by atoms with E-state index >= 15 is 0 Å². The standard InChI is InChI=1S/C19H23N3O5/c1-12(2)9-15(19(25)26-3)21-17(23)11-20-18(24)14-10-16(27-22-14)13-7-5-4-6-8-13/h4-8,10,12,15H,9,11H2,1-3H3,(H,20,24)(H,21,23)/t15-/m0/s1. The molecule has 2 N–H and O–H groups in total. The van der Waals surface area contributed by atoms with E-state index in [1.54, 1.807) is 0 Å². The number of hydrogen-bond acceptors (Lipinski definition) is 6. The second kappa shape index (κ2) is 9.51. The topological polar surface area (TPSA) is 111 Å². The van der Waals surface area contributed by atoms with Crippen LogP contribution in [0.25, 0.3) is 11.3 Å². The molecular weight excluding hydrogens is 350 g/mol. The molecule has 1 aromatic heterocycles. The van der Waals surface area contributed by atoms with Gasteiger partial charge in [-0.3, -0.25) is 9.59 Å². The third kappa shape index (κ3) is 5.95. The van der Waals surface area contributed by atoms with Gasteiger partial charge in [0.1, 0.15) is 6.04 Å². The molecule has 0 unspecified atom stereocenters. The first-order valence-electron chi connectivity index (χ1n) is 8.58. The van der Waals surface area contributed by atoms with E-state index in [0.717, 1.165) is 5.56 Å². The highest BCUT2D eigenvalue weighted by Crippen LogP contribution is 2.19. The number of nitrogens with one attached hydrogen (secondary N) is 2. The number of carbonyl (C=O) groups is 3. The highest BCUT2D eigenvalue weighted by molar-refractivity contribution is 5.96. The van der Waals surface area contributed by atoms with E-state index < -0.39 is 23.8 Å². The number of rotatable bonds is 8. The Hall–Kier alpha value is -3.16. The van der Waals surface area contributed by atoms with Crippen molar-refractivity contribution in [1.82, 2.24) is 15.8 Å². The number of nitrogens with zero attached hydrogens (tertiary/aromatic N) is 1. The van der Waals surface area contributed by atoms with Crippen LogP contribution in [-0.4, -0.2) is 42.6 Å². The van der Waals surface area contributed by atoms with Crippen LogP contribution in [-0.2, 0) is 14.3 Å². The van der Waals surface area contributed by atoms with Gasteiger partial charge in [0.25, 0.3) is 5.91 Å². The van der Waals surface area contributed by atoms with Crippen LogP contribution in [0.3, 0.4) is 0 Å². The number of ether oxygens (including phenoxy) is 1. The third-order valence-corrected chi connectivity index (χ3v) is 3.74. The second-order valence-electron chi connectivity index (χ2n) is 6.40. The van der Waals surface area contributed by atoms with Crippen molar-refractivity contribution in [2.45, 2.75) is 26.3 Å². The minimum atomic E-state index is -0.754. The van der Waals surface area contributed by atoms with Crippen molar-refractivity contribution in [1.29, 1.82) is 0 Å². The Kier molecular flexibility index (Phi) is 7.10. The molecule has 1 atom stereocenters. The Labute approximate surface area is 157 Å². The molecule has 1 aromatic carbocycles. The summed E-state index contributed by atoms with van der Waals surface area (Å²) >= 11 is 0. The van der Waals surface area contributed by atoms with E-state index in [0.29, 0.717) is 12.2 Å². The summed E-state index contributed by atoms with van der Waals surface area (Å²) in [6, 6.07) is 9.96. The summed E-state index contributed by atoms with van der Waals surface area (Å²) in [5.41, 5.74) is 0.852. The molecule has 8 nitrogen and oxygen atoms in total. The molecule has 2 aromatic rings. The van der Waals surface area contributed by atoms with Gasteiger partial charge in [-0.25, -0.2) is 4.79 Å². The minimum absolute atomic E-state index is 0.0633. The predicted molar refractivity (Wildman–Crippen MR) is 97.7 cm³/mol. The van der Waals surface area contributed by atoms with Crippen LogP contribution in [0.5, 0.6) is 0 Å². The lowest BCUT2D eigenvalue weighted by molar-refractivity contribution is -0.145. The first-order chi connectivity index (χ1) is 12.9. The zero-order valence-electron chi connectivity index (χ0n) is 15.5. The lowest BCUT2D eigenvalue weighted by atomic mass is 10.0. The quantitative estimate of drug-likeness (QED) is 0.683. The molecule has 0 radical (unpaired) electrons. The van der Waals surface area contributed by atoms with Gasteiger partial charge >= 0.3 is 5.97 Å².